The molecule has 6 heteroatoms. The molecule has 0 spiro atoms. The lowest BCUT2D eigenvalue weighted by Gasteiger charge is -2.11. The fraction of sp³-hybridized carbons (Fsp3) is 0.438. The van der Waals surface area contributed by atoms with Crippen molar-refractivity contribution in [2.24, 2.45) is 0 Å². The predicted octanol–water partition coefficient (Wildman–Crippen LogP) is 1.85. The van der Waals surface area contributed by atoms with Crippen molar-refractivity contribution in [1.29, 1.82) is 0 Å². The standard InChI is InChI=1S/C16H19N3O3/c20-15(19-22-11-5-1-2-6-11)10-9-14-16(21)18-13-8-4-3-7-12(13)17-14/h3-4,7-8,11H,1-2,5-6,9-10H2,(H,18,21)(H,19,20). The maximum atomic E-state index is 11.9. The fourth-order valence-corrected chi connectivity index (χ4v) is 2.68. The van der Waals surface area contributed by atoms with Crippen molar-refractivity contribution < 1.29 is 9.63 Å². The summed E-state index contributed by atoms with van der Waals surface area (Å²) in [5.74, 6) is -0.221. The quantitative estimate of drug-likeness (QED) is 0.825. The molecular weight excluding hydrogens is 282 g/mol. The van der Waals surface area contributed by atoms with E-state index in [0.717, 1.165) is 31.2 Å². The second-order valence-corrected chi connectivity index (χ2v) is 5.58. The Morgan fingerprint density at radius 1 is 1.32 bits per heavy atom. The molecule has 0 atom stereocenters. The molecule has 1 aliphatic carbocycles. The predicted molar refractivity (Wildman–Crippen MR) is 82.2 cm³/mol. The normalized spacial score (nSPS) is 15.3. The van der Waals surface area contributed by atoms with Crippen molar-refractivity contribution in [1.82, 2.24) is 15.4 Å². The van der Waals surface area contributed by atoms with Gasteiger partial charge in [0, 0.05) is 12.8 Å². The molecule has 1 aromatic heterocycles. The number of fused-ring (bicyclic) bond motifs is 1. The number of hydroxylamine groups is 1. The maximum absolute atomic E-state index is 11.9. The molecule has 1 aromatic carbocycles. The molecular formula is C16H19N3O3. The van der Waals surface area contributed by atoms with Gasteiger partial charge in [-0.3, -0.25) is 14.4 Å². The van der Waals surface area contributed by atoms with E-state index in [1.165, 1.54) is 0 Å². The summed E-state index contributed by atoms with van der Waals surface area (Å²) in [6.45, 7) is 0. The molecule has 0 radical (unpaired) electrons. The van der Waals surface area contributed by atoms with E-state index in [2.05, 4.69) is 15.4 Å². The van der Waals surface area contributed by atoms with E-state index in [9.17, 15) is 9.59 Å². The Hall–Kier alpha value is -2.21. The minimum Gasteiger partial charge on any atom is -0.319 e. The van der Waals surface area contributed by atoms with Gasteiger partial charge in [-0.1, -0.05) is 25.0 Å². The molecule has 1 heterocycles. The van der Waals surface area contributed by atoms with Gasteiger partial charge in [0.1, 0.15) is 5.69 Å². The van der Waals surface area contributed by atoms with Gasteiger partial charge in [-0.05, 0) is 25.0 Å². The van der Waals surface area contributed by atoms with E-state index in [-0.39, 0.29) is 24.0 Å². The first-order valence-corrected chi connectivity index (χ1v) is 7.65. The molecule has 1 amide bonds. The van der Waals surface area contributed by atoms with Crippen LogP contribution in [0.5, 0.6) is 0 Å². The molecule has 2 aromatic rings. The monoisotopic (exact) mass is 301 g/mol. The van der Waals surface area contributed by atoms with Crippen LogP contribution in [-0.4, -0.2) is 22.0 Å². The minimum atomic E-state index is -0.247. The van der Waals surface area contributed by atoms with Crippen molar-refractivity contribution in [3.05, 3.63) is 40.3 Å². The van der Waals surface area contributed by atoms with Gasteiger partial charge >= 0.3 is 0 Å². The third-order valence-corrected chi connectivity index (χ3v) is 3.90. The van der Waals surface area contributed by atoms with Crippen LogP contribution in [0.2, 0.25) is 0 Å². The van der Waals surface area contributed by atoms with Crippen molar-refractivity contribution in [3.8, 4) is 0 Å². The van der Waals surface area contributed by atoms with E-state index in [0.29, 0.717) is 17.6 Å². The molecule has 3 rings (SSSR count). The second kappa shape index (κ2) is 6.70. The molecule has 1 fully saturated rings. The van der Waals surface area contributed by atoms with Gasteiger partial charge in [-0.25, -0.2) is 10.5 Å². The average molecular weight is 301 g/mol. The topological polar surface area (TPSA) is 84.1 Å². The number of aryl methyl sites for hydroxylation is 1. The summed E-state index contributed by atoms with van der Waals surface area (Å²) >= 11 is 0. The summed E-state index contributed by atoms with van der Waals surface area (Å²) in [4.78, 5) is 36.1. The summed E-state index contributed by atoms with van der Waals surface area (Å²) in [5, 5.41) is 0. The number of nitrogens with zero attached hydrogens (tertiary/aromatic N) is 1. The number of carbonyl (C=O) groups excluding carboxylic acids is 1. The zero-order valence-electron chi connectivity index (χ0n) is 12.3. The Morgan fingerprint density at radius 3 is 2.91 bits per heavy atom. The number of para-hydroxylation sites is 2. The van der Waals surface area contributed by atoms with Crippen LogP contribution in [0.1, 0.15) is 37.8 Å². The van der Waals surface area contributed by atoms with Crippen molar-refractivity contribution in [3.63, 3.8) is 0 Å². The lowest BCUT2D eigenvalue weighted by Crippen LogP contribution is -2.29. The highest BCUT2D eigenvalue weighted by molar-refractivity contribution is 5.75. The molecule has 0 saturated heterocycles. The average Bonchev–Trinajstić information content (AvgIpc) is 3.04. The number of hydrogen-bond donors (Lipinski definition) is 2. The van der Waals surface area contributed by atoms with E-state index in [1.807, 2.05) is 18.2 Å². The van der Waals surface area contributed by atoms with E-state index >= 15 is 0 Å². The Bertz CT molecular complexity index is 720. The number of H-pyrrole nitrogens is 1. The number of carbonyl (C=O) groups is 1. The van der Waals surface area contributed by atoms with Crippen LogP contribution in [0.15, 0.2) is 29.1 Å². The molecule has 116 valence electrons. The van der Waals surface area contributed by atoms with Gasteiger partial charge < -0.3 is 4.98 Å². The largest absolute Gasteiger partial charge is 0.319 e. The number of benzene rings is 1. The Kier molecular flexibility index (Phi) is 4.48. The Morgan fingerprint density at radius 2 is 2.09 bits per heavy atom. The first-order valence-electron chi connectivity index (χ1n) is 7.65. The highest BCUT2D eigenvalue weighted by Gasteiger charge is 2.17. The molecule has 2 N–H and O–H groups in total. The number of rotatable bonds is 5. The highest BCUT2D eigenvalue weighted by Crippen LogP contribution is 2.19. The number of hydrogen-bond acceptors (Lipinski definition) is 4. The number of aromatic nitrogens is 2. The van der Waals surface area contributed by atoms with Gasteiger partial charge in [0.15, 0.2) is 0 Å². The number of nitrogens with one attached hydrogen (secondary N) is 2. The molecule has 6 nitrogen and oxygen atoms in total. The Labute approximate surface area is 127 Å². The SMILES string of the molecule is O=C(CCc1nc2ccccc2[nH]c1=O)NOC1CCCC1. The van der Waals surface area contributed by atoms with Crippen LogP contribution in [0.4, 0.5) is 0 Å². The lowest BCUT2D eigenvalue weighted by molar-refractivity contribution is -0.138. The number of amides is 1. The summed E-state index contributed by atoms with van der Waals surface area (Å²) in [6.07, 6.45) is 4.89. The minimum absolute atomic E-state index is 0.131. The van der Waals surface area contributed by atoms with Gasteiger partial charge in [0.05, 0.1) is 17.1 Å². The molecule has 0 unspecified atom stereocenters. The van der Waals surface area contributed by atoms with Crippen LogP contribution in [0.25, 0.3) is 11.0 Å². The first kappa shape index (κ1) is 14.7. The number of aromatic amines is 1. The first-order chi connectivity index (χ1) is 10.7. The summed E-state index contributed by atoms with van der Waals surface area (Å²) in [7, 11) is 0. The van der Waals surface area contributed by atoms with Crippen LogP contribution >= 0.6 is 0 Å². The van der Waals surface area contributed by atoms with Crippen LogP contribution in [0, 0.1) is 0 Å². The molecule has 22 heavy (non-hydrogen) atoms. The smallest absolute Gasteiger partial charge is 0.270 e. The summed E-state index contributed by atoms with van der Waals surface area (Å²) < 4.78 is 0. The van der Waals surface area contributed by atoms with Crippen LogP contribution in [0.3, 0.4) is 0 Å². The zero-order chi connectivity index (χ0) is 15.4. The summed E-state index contributed by atoms with van der Waals surface area (Å²) in [5.41, 5.74) is 4.02. The maximum Gasteiger partial charge on any atom is 0.270 e. The van der Waals surface area contributed by atoms with Gasteiger partial charge in [0.25, 0.3) is 5.56 Å². The Balaban J connectivity index is 1.57. The molecule has 0 aliphatic heterocycles. The van der Waals surface area contributed by atoms with Gasteiger partial charge in [0.2, 0.25) is 5.91 Å². The molecule has 0 bridgehead atoms. The second-order valence-electron chi connectivity index (χ2n) is 5.58. The van der Waals surface area contributed by atoms with Crippen LogP contribution < -0.4 is 11.0 Å². The highest BCUT2D eigenvalue weighted by atomic mass is 16.7. The summed E-state index contributed by atoms with van der Waals surface area (Å²) in [6, 6.07) is 7.33. The van der Waals surface area contributed by atoms with E-state index in [4.69, 9.17) is 4.84 Å². The third kappa shape index (κ3) is 3.51. The lowest BCUT2D eigenvalue weighted by atomic mass is 10.2. The van der Waals surface area contributed by atoms with Crippen LogP contribution in [-0.2, 0) is 16.1 Å². The fourth-order valence-electron chi connectivity index (χ4n) is 2.68. The third-order valence-electron chi connectivity index (χ3n) is 3.90. The van der Waals surface area contributed by atoms with E-state index < -0.39 is 0 Å². The van der Waals surface area contributed by atoms with E-state index in [1.54, 1.807) is 6.07 Å². The zero-order valence-corrected chi connectivity index (χ0v) is 12.3. The van der Waals surface area contributed by atoms with Crippen molar-refractivity contribution >= 4 is 16.9 Å². The molecule has 1 saturated carbocycles. The van der Waals surface area contributed by atoms with Gasteiger partial charge in [-0.2, -0.15) is 0 Å². The van der Waals surface area contributed by atoms with Gasteiger partial charge in [-0.15, -0.1) is 0 Å². The molecule has 1 aliphatic rings. The van der Waals surface area contributed by atoms with Crippen molar-refractivity contribution in [2.45, 2.75) is 44.6 Å². The van der Waals surface area contributed by atoms with Crippen molar-refractivity contribution in [2.75, 3.05) is 0 Å².